The Morgan fingerprint density at radius 3 is 2.42 bits per heavy atom. The quantitative estimate of drug-likeness (QED) is 0.0995. The number of nitro benzene ring substituents is 1. The van der Waals surface area contributed by atoms with Crippen molar-refractivity contribution in [1.29, 1.82) is 0 Å². The largest absolute Gasteiger partial charge is 0.423 e. The summed E-state index contributed by atoms with van der Waals surface area (Å²) < 4.78 is 8.40. The molecular weight excluding hydrogens is 572 g/mol. The van der Waals surface area contributed by atoms with E-state index >= 15 is 0 Å². The van der Waals surface area contributed by atoms with E-state index in [0.717, 1.165) is 39.7 Å². The first-order valence-electron chi connectivity index (χ1n) is 11.9. The van der Waals surface area contributed by atoms with Gasteiger partial charge in [0.2, 0.25) is 0 Å². The number of imidazole rings is 1. The average molecular weight is 600 g/mol. The Balaban J connectivity index is 1.64. The monoisotopic (exact) mass is 598 g/mol. The lowest BCUT2D eigenvalue weighted by Gasteiger charge is -2.34. The molecule has 0 fully saturated rings. The van der Waals surface area contributed by atoms with Crippen LogP contribution in [0.5, 0.6) is 5.75 Å². The van der Waals surface area contributed by atoms with Crippen molar-refractivity contribution < 1.29 is 14.5 Å². The van der Waals surface area contributed by atoms with Crippen LogP contribution in [0.3, 0.4) is 0 Å². The Morgan fingerprint density at radius 1 is 1.11 bits per heavy atom. The molecule has 0 saturated heterocycles. The van der Waals surface area contributed by atoms with Gasteiger partial charge in [-0.3, -0.25) is 14.5 Å². The molecule has 0 amide bonds. The van der Waals surface area contributed by atoms with Crippen molar-refractivity contribution in [2.75, 3.05) is 5.32 Å². The molecule has 1 N–H and O–H groups in total. The maximum Gasteiger partial charge on any atom is 0.343 e. The molecule has 198 valence electrons. The molecule has 0 spiro atoms. The fraction of sp³-hybridized carbons (Fsp3) is 0.286. The number of aromatic nitrogens is 2. The van der Waals surface area contributed by atoms with E-state index in [0.29, 0.717) is 5.75 Å². The predicted molar refractivity (Wildman–Crippen MR) is 153 cm³/mol. The van der Waals surface area contributed by atoms with E-state index in [2.05, 4.69) is 55.9 Å². The van der Waals surface area contributed by atoms with E-state index in [9.17, 15) is 14.9 Å². The second kappa shape index (κ2) is 10.4. The number of nitrogens with zero attached hydrogens (tertiary/aromatic N) is 3. The lowest BCUT2D eigenvalue weighted by molar-refractivity contribution is -0.384. The number of hydrogen-bond acceptors (Lipinski definition) is 6. The number of carbonyl (C=O) groups is 1. The van der Waals surface area contributed by atoms with Crippen molar-refractivity contribution in [3.63, 3.8) is 0 Å². The molecule has 2 aromatic carbocycles. The van der Waals surface area contributed by atoms with Crippen molar-refractivity contribution in [3.8, 4) is 17.0 Å². The highest BCUT2D eigenvalue weighted by Crippen LogP contribution is 2.36. The van der Waals surface area contributed by atoms with Crippen LogP contribution in [0.1, 0.15) is 51.4 Å². The summed E-state index contributed by atoms with van der Waals surface area (Å²) >= 11 is 9.40. The molecule has 0 saturated carbocycles. The minimum absolute atomic E-state index is 0.0312. The van der Waals surface area contributed by atoms with E-state index in [-0.39, 0.29) is 27.2 Å². The molecule has 0 aliphatic rings. The first-order valence-corrected chi connectivity index (χ1v) is 13.1. The highest BCUT2D eigenvalue weighted by Gasteiger charge is 2.28. The topological polar surface area (TPSA) is 98.8 Å². The number of fused-ring (bicyclic) bond motifs is 1. The summed E-state index contributed by atoms with van der Waals surface area (Å²) in [5.74, 6) is 0.431. The fourth-order valence-electron chi connectivity index (χ4n) is 4.66. The molecule has 2 heterocycles. The van der Waals surface area contributed by atoms with Gasteiger partial charge in [-0.05, 0) is 90.1 Å². The van der Waals surface area contributed by atoms with E-state index in [1.165, 1.54) is 12.1 Å². The Hall–Kier alpha value is -3.43. The van der Waals surface area contributed by atoms with Crippen LogP contribution >= 0.6 is 27.5 Å². The standard InChI is InChI=1S/C28H28BrClN4O4/c1-27(2,3)16-28(4,5)32-25-24(31-23-13-9-19(29)15-33(23)25)17-6-10-20(11-7-17)38-26(35)18-8-12-21(30)22(14-18)34(36)37/h6-15,32H,16H2,1-5H3. The third-order valence-electron chi connectivity index (χ3n) is 5.73. The van der Waals surface area contributed by atoms with Crippen molar-refractivity contribution >= 4 is 50.7 Å². The number of nitrogens with one attached hydrogen (secondary N) is 1. The summed E-state index contributed by atoms with van der Waals surface area (Å²) in [6.07, 6.45) is 2.90. The van der Waals surface area contributed by atoms with Gasteiger partial charge in [0.25, 0.3) is 5.69 Å². The molecule has 4 rings (SSSR count). The number of hydrogen-bond donors (Lipinski definition) is 1. The molecule has 2 aromatic heterocycles. The molecule has 0 unspecified atom stereocenters. The number of pyridine rings is 1. The van der Waals surface area contributed by atoms with E-state index in [1.54, 1.807) is 12.1 Å². The number of nitro groups is 1. The zero-order chi connectivity index (χ0) is 27.8. The third-order valence-corrected chi connectivity index (χ3v) is 6.52. The Bertz CT molecular complexity index is 1520. The van der Waals surface area contributed by atoms with Gasteiger partial charge in [-0.1, -0.05) is 32.4 Å². The van der Waals surface area contributed by atoms with Gasteiger partial charge in [0, 0.05) is 27.8 Å². The lowest BCUT2D eigenvalue weighted by Crippen LogP contribution is -2.36. The molecule has 4 aromatic rings. The smallest absolute Gasteiger partial charge is 0.343 e. The summed E-state index contributed by atoms with van der Waals surface area (Å²) in [5, 5.41) is 14.8. The lowest BCUT2D eigenvalue weighted by atomic mass is 9.82. The van der Waals surface area contributed by atoms with E-state index in [1.807, 2.05) is 34.9 Å². The first-order chi connectivity index (χ1) is 17.7. The SMILES string of the molecule is CC(C)(C)CC(C)(C)Nc1c(-c2ccc(OC(=O)c3ccc(Cl)c([N+](=O)[O-])c3)cc2)nc2ccc(Br)cn12. The number of anilines is 1. The van der Waals surface area contributed by atoms with Gasteiger partial charge in [-0.2, -0.15) is 0 Å². The van der Waals surface area contributed by atoms with Crippen molar-refractivity contribution in [2.24, 2.45) is 5.41 Å². The Kier molecular flexibility index (Phi) is 7.54. The number of rotatable bonds is 7. The van der Waals surface area contributed by atoms with Crippen LogP contribution in [0, 0.1) is 15.5 Å². The van der Waals surface area contributed by atoms with Crippen LogP contribution in [-0.4, -0.2) is 25.8 Å². The summed E-state index contributed by atoms with van der Waals surface area (Å²) in [6.45, 7) is 11.0. The highest BCUT2D eigenvalue weighted by molar-refractivity contribution is 9.10. The zero-order valence-corrected chi connectivity index (χ0v) is 24.1. The third kappa shape index (κ3) is 6.34. The van der Waals surface area contributed by atoms with Crippen molar-refractivity contribution in [2.45, 2.75) is 46.6 Å². The summed E-state index contributed by atoms with van der Waals surface area (Å²) in [7, 11) is 0. The number of benzene rings is 2. The maximum atomic E-state index is 12.6. The summed E-state index contributed by atoms with van der Waals surface area (Å²) in [5.41, 5.74) is 1.96. The molecular formula is C28H28BrClN4O4. The van der Waals surface area contributed by atoms with Crippen LogP contribution in [0.25, 0.3) is 16.9 Å². The van der Waals surface area contributed by atoms with Gasteiger partial charge < -0.3 is 10.1 Å². The minimum Gasteiger partial charge on any atom is -0.423 e. The van der Waals surface area contributed by atoms with Crippen LogP contribution in [0.2, 0.25) is 5.02 Å². The van der Waals surface area contributed by atoms with Gasteiger partial charge in [0.1, 0.15) is 27.9 Å². The van der Waals surface area contributed by atoms with Crippen LogP contribution in [0.4, 0.5) is 11.5 Å². The van der Waals surface area contributed by atoms with Crippen LogP contribution in [0.15, 0.2) is 65.3 Å². The predicted octanol–water partition coefficient (Wildman–Crippen LogP) is 8.17. The number of ether oxygens (including phenoxy) is 1. The van der Waals surface area contributed by atoms with Gasteiger partial charge in [0.05, 0.1) is 10.5 Å². The number of carbonyl (C=O) groups excluding carboxylic acids is 1. The van der Waals surface area contributed by atoms with Crippen LogP contribution < -0.4 is 10.1 Å². The molecule has 38 heavy (non-hydrogen) atoms. The second-order valence-electron chi connectivity index (χ2n) is 11.0. The molecule has 0 bridgehead atoms. The van der Waals surface area contributed by atoms with Gasteiger partial charge in [0.15, 0.2) is 0 Å². The average Bonchev–Trinajstić information content (AvgIpc) is 3.14. The highest BCUT2D eigenvalue weighted by atomic mass is 79.9. The van der Waals surface area contributed by atoms with Gasteiger partial charge in [-0.15, -0.1) is 0 Å². The van der Waals surface area contributed by atoms with Crippen molar-refractivity contribution in [1.82, 2.24) is 9.38 Å². The molecule has 0 aliphatic heterocycles. The second-order valence-corrected chi connectivity index (χ2v) is 12.3. The molecule has 0 aliphatic carbocycles. The molecule has 10 heteroatoms. The Labute approximate surface area is 234 Å². The summed E-state index contributed by atoms with van der Waals surface area (Å²) in [4.78, 5) is 28.0. The first kappa shape index (κ1) is 27.6. The van der Waals surface area contributed by atoms with E-state index in [4.69, 9.17) is 21.3 Å². The molecule has 0 radical (unpaired) electrons. The van der Waals surface area contributed by atoms with Crippen LogP contribution in [-0.2, 0) is 0 Å². The summed E-state index contributed by atoms with van der Waals surface area (Å²) in [6, 6.07) is 14.7. The van der Waals surface area contributed by atoms with Gasteiger partial charge >= 0.3 is 5.97 Å². The number of esters is 1. The minimum atomic E-state index is -0.721. The van der Waals surface area contributed by atoms with Gasteiger partial charge in [-0.25, -0.2) is 9.78 Å². The molecule has 0 atom stereocenters. The fourth-order valence-corrected chi connectivity index (χ4v) is 5.18. The normalized spacial score (nSPS) is 12.0. The Morgan fingerprint density at radius 2 is 1.79 bits per heavy atom. The van der Waals surface area contributed by atoms with Crippen molar-refractivity contribution in [3.05, 3.63) is 86.0 Å². The molecule has 8 nitrogen and oxygen atoms in total. The van der Waals surface area contributed by atoms with E-state index < -0.39 is 10.9 Å². The zero-order valence-electron chi connectivity index (χ0n) is 21.7. The maximum absolute atomic E-state index is 12.6. The number of halogens is 2.